The largest absolute Gasteiger partial charge is 0.406 e. The molecular formula is C10H13F3N2O4. The van der Waals surface area contributed by atoms with E-state index in [1.54, 1.807) is 6.92 Å². The maximum absolute atomic E-state index is 12.3. The molecule has 1 atom stereocenters. The first kappa shape index (κ1) is 15.4. The van der Waals surface area contributed by atoms with Crippen molar-refractivity contribution in [1.82, 2.24) is 9.80 Å². The van der Waals surface area contributed by atoms with Crippen molar-refractivity contribution >= 4 is 17.8 Å². The lowest BCUT2D eigenvalue weighted by Gasteiger charge is -2.36. The van der Waals surface area contributed by atoms with Gasteiger partial charge in [0.15, 0.2) is 0 Å². The summed E-state index contributed by atoms with van der Waals surface area (Å²) in [5, 5.41) is 0. The molecule has 0 radical (unpaired) electrons. The fraction of sp³-hybridized carbons (Fsp3) is 0.700. The van der Waals surface area contributed by atoms with E-state index in [9.17, 15) is 27.6 Å². The lowest BCUT2D eigenvalue weighted by molar-refractivity contribution is -0.166. The number of carbonyl (C=O) groups excluding carboxylic acids is 3. The smallest absolute Gasteiger partial charge is 0.361 e. The van der Waals surface area contributed by atoms with Crippen molar-refractivity contribution in [3.63, 3.8) is 0 Å². The van der Waals surface area contributed by atoms with E-state index in [4.69, 9.17) is 4.74 Å². The molecule has 9 heteroatoms. The lowest BCUT2D eigenvalue weighted by Crippen LogP contribution is -2.60. The Morgan fingerprint density at radius 1 is 1.26 bits per heavy atom. The van der Waals surface area contributed by atoms with Crippen molar-refractivity contribution in [2.45, 2.75) is 32.2 Å². The number of urea groups is 1. The average molecular weight is 282 g/mol. The summed E-state index contributed by atoms with van der Waals surface area (Å²) in [7, 11) is 1.22. The van der Waals surface area contributed by atoms with Crippen LogP contribution < -0.4 is 0 Å². The van der Waals surface area contributed by atoms with Gasteiger partial charge in [-0.1, -0.05) is 6.92 Å². The standard InChI is InChI=1S/C10H13F3N2O4/c1-3-8(19-2)15-7(17)4-6(16)14(9(15)18)5-10(11,12)13/h8H,3-5H2,1-2H3. The van der Waals surface area contributed by atoms with Gasteiger partial charge in [0.05, 0.1) is 0 Å². The number of barbiturate groups is 1. The molecule has 0 spiro atoms. The molecule has 1 aliphatic heterocycles. The second kappa shape index (κ2) is 5.55. The van der Waals surface area contributed by atoms with Gasteiger partial charge in [-0.25, -0.2) is 9.69 Å². The molecule has 0 aromatic rings. The summed E-state index contributed by atoms with van der Waals surface area (Å²) in [5.74, 6) is -2.02. The van der Waals surface area contributed by atoms with Crippen LogP contribution in [0.15, 0.2) is 0 Å². The Hall–Kier alpha value is -1.64. The van der Waals surface area contributed by atoms with Gasteiger partial charge in [0.1, 0.15) is 19.2 Å². The summed E-state index contributed by atoms with van der Waals surface area (Å²) in [6, 6.07) is -1.30. The highest BCUT2D eigenvalue weighted by atomic mass is 19.4. The van der Waals surface area contributed by atoms with E-state index in [1.165, 1.54) is 7.11 Å². The number of hydrogen-bond donors (Lipinski definition) is 0. The Bertz CT molecular complexity index is 393. The number of nitrogens with zero attached hydrogens (tertiary/aromatic N) is 2. The van der Waals surface area contributed by atoms with Crippen LogP contribution in [0.4, 0.5) is 18.0 Å². The third-order valence-corrected chi connectivity index (χ3v) is 2.56. The number of hydrogen-bond acceptors (Lipinski definition) is 4. The molecule has 1 rings (SSSR count). The Labute approximate surface area is 107 Å². The normalized spacial score (nSPS) is 19.1. The summed E-state index contributed by atoms with van der Waals surface area (Å²) in [5.41, 5.74) is 0. The molecule has 19 heavy (non-hydrogen) atoms. The number of methoxy groups -OCH3 is 1. The molecule has 0 aromatic carbocycles. The minimum atomic E-state index is -4.72. The number of alkyl halides is 3. The highest BCUT2D eigenvalue weighted by Crippen LogP contribution is 2.23. The van der Waals surface area contributed by atoms with Gasteiger partial charge in [0.2, 0.25) is 11.8 Å². The van der Waals surface area contributed by atoms with Crippen LogP contribution in [0, 0.1) is 0 Å². The molecule has 1 heterocycles. The van der Waals surface area contributed by atoms with Gasteiger partial charge < -0.3 is 4.74 Å². The zero-order chi connectivity index (χ0) is 14.8. The van der Waals surface area contributed by atoms with Crippen molar-refractivity contribution in [3.05, 3.63) is 0 Å². The minimum Gasteiger partial charge on any atom is -0.361 e. The van der Waals surface area contributed by atoms with Gasteiger partial charge in [0.25, 0.3) is 0 Å². The topological polar surface area (TPSA) is 66.9 Å². The second-order valence-corrected chi connectivity index (χ2v) is 3.92. The van der Waals surface area contributed by atoms with Crippen molar-refractivity contribution in [2.75, 3.05) is 13.7 Å². The fourth-order valence-electron chi connectivity index (χ4n) is 1.73. The first-order valence-corrected chi connectivity index (χ1v) is 5.47. The number of imide groups is 2. The van der Waals surface area contributed by atoms with Crippen LogP contribution in [0.3, 0.4) is 0 Å². The van der Waals surface area contributed by atoms with Crippen LogP contribution in [0.5, 0.6) is 0 Å². The number of rotatable bonds is 4. The van der Waals surface area contributed by atoms with E-state index in [0.717, 1.165) is 0 Å². The van der Waals surface area contributed by atoms with Crippen molar-refractivity contribution < 1.29 is 32.3 Å². The number of ether oxygens (including phenoxy) is 1. The van der Waals surface area contributed by atoms with Crippen LogP contribution in [0.2, 0.25) is 0 Å². The zero-order valence-electron chi connectivity index (χ0n) is 10.4. The van der Waals surface area contributed by atoms with E-state index < -0.39 is 43.2 Å². The molecule has 6 nitrogen and oxygen atoms in total. The molecular weight excluding hydrogens is 269 g/mol. The van der Waals surface area contributed by atoms with Crippen molar-refractivity contribution in [3.8, 4) is 0 Å². The highest BCUT2D eigenvalue weighted by Gasteiger charge is 2.45. The predicted molar refractivity (Wildman–Crippen MR) is 55.7 cm³/mol. The van der Waals surface area contributed by atoms with Crippen LogP contribution in [-0.4, -0.2) is 53.7 Å². The Kier molecular flexibility index (Phi) is 4.51. The molecule has 0 N–H and O–H groups in total. The second-order valence-electron chi connectivity index (χ2n) is 3.92. The van der Waals surface area contributed by atoms with Crippen LogP contribution in [0.25, 0.3) is 0 Å². The molecule has 0 aromatic heterocycles. The molecule has 0 bridgehead atoms. The predicted octanol–water partition coefficient (Wildman–Crippen LogP) is 1.11. The van der Waals surface area contributed by atoms with Crippen LogP contribution in [-0.2, 0) is 14.3 Å². The first-order chi connectivity index (χ1) is 8.71. The van der Waals surface area contributed by atoms with Gasteiger partial charge >= 0.3 is 12.2 Å². The summed E-state index contributed by atoms with van der Waals surface area (Å²) in [4.78, 5) is 35.3. The van der Waals surface area contributed by atoms with Crippen molar-refractivity contribution in [1.29, 1.82) is 0 Å². The average Bonchev–Trinajstić information content (AvgIpc) is 2.28. The summed E-state index contributed by atoms with van der Waals surface area (Å²) in [6.45, 7) is -0.117. The lowest BCUT2D eigenvalue weighted by atomic mass is 10.2. The maximum atomic E-state index is 12.3. The van der Waals surface area contributed by atoms with Gasteiger partial charge in [-0.3, -0.25) is 14.5 Å². The molecule has 1 unspecified atom stereocenters. The maximum Gasteiger partial charge on any atom is 0.406 e. The Balaban J connectivity index is 2.99. The number of amides is 4. The van der Waals surface area contributed by atoms with Crippen molar-refractivity contribution in [2.24, 2.45) is 0 Å². The zero-order valence-corrected chi connectivity index (χ0v) is 10.4. The summed E-state index contributed by atoms with van der Waals surface area (Å²) >= 11 is 0. The van der Waals surface area contributed by atoms with Gasteiger partial charge in [0, 0.05) is 7.11 Å². The van der Waals surface area contributed by atoms with E-state index in [-0.39, 0.29) is 11.3 Å². The fourth-order valence-corrected chi connectivity index (χ4v) is 1.73. The minimum absolute atomic E-state index is 0.0169. The van der Waals surface area contributed by atoms with E-state index in [0.29, 0.717) is 4.90 Å². The first-order valence-electron chi connectivity index (χ1n) is 5.47. The Morgan fingerprint density at radius 3 is 2.26 bits per heavy atom. The molecule has 0 saturated carbocycles. The van der Waals surface area contributed by atoms with E-state index >= 15 is 0 Å². The third kappa shape index (κ3) is 3.43. The van der Waals surface area contributed by atoms with Gasteiger partial charge in [-0.05, 0) is 6.42 Å². The Morgan fingerprint density at radius 2 is 1.84 bits per heavy atom. The number of carbonyl (C=O) groups is 3. The molecule has 1 fully saturated rings. The summed E-state index contributed by atoms with van der Waals surface area (Å²) < 4.78 is 41.7. The molecule has 108 valence electrons. The third-order valence-electron chi connectivity index (χ3n) is 2.56. The molecule has 1 aliphatic rings. The summed E-state index contributed by atoms with van der Waals surface area (Å²) in [6.07, 6.45) is -6.26. The van der Waals surface area contributed by atoms with Crippen LogP contribution in [0.1, 0.15) is 19.8 Å². The molecule has 4 amide bonds. The molecule has 0 aliphatic carbocycles. The van der Waals surface area contributed by atoms with Gasteiger partial charge in [-0.15, -0.1) is 0 Å². The molecule has 1 saturated heterocycles. The quantitative estimate of drug-likeness (QED) is 0.724. The highest BCUT2D eigenvalue weighted by molar-refractivity contribution is 6.14. The van der Waals surface area contributed by atoms with Crippen LogP contribution >= 0.6 is 0 Å². The van der Waals surface area contributed by atoms with Gasteiger partial charge in [-0.2, -0.15) is 13.2 Å². The number of halogens is 3. The SMILES string of the molecule is CCC(OC)N1C(=O)CC(=O)N(CC(F)(F)F)C1=O. The monoisotopic (exact) mass is 282 g/mol. The van der Waals surface area contributed by atoms with E-state index in [1.807, 2.05) is 0 Å². The van der Waals surface area contributed by atoms with E-state index in [2.05, 4.69) is 0 Å².